The maximum Gasteiger partial charge on any atom is 0.246 e. The number of hydrogen-bond donors (Lipinski definition) is 1. The van der Waals surface area contributed by atoms with Gasteiger partial charge >= 0.3 is 0 Å². The first-order chi connectivity index (χ1) is 18.5. The number of carbonyl (C=O) groups is 2. The second kappa shape index (κ2) is 13.1. The molecule has 2 aliphatic heterocycles. The van der Waals surface area contributed by atoms with Gasteiger partial charge in [0.1, 0.15) is 11.5 Å². The fourth-order valence-corrected chi connectivity index (χ4v) is 4.12. The van der Waals surface area contributed by atoms with Crippen LogP contribution >= 0.6 is 0 Å². The largest absolute Gasteiger partial charge is 0.507 e. The van der Waals surface area contributed by atoms with Crippen molar-refractivity contribution in [2.24, 2.45) is 0 Å². The molecule has 1 amide bonds. The van der Waals surface area contributed by atoms with Crippen LogP contribution in [-0.4, -0.2) is 48.7 Å². The van der Waals surface area contributed by atoms with E-state index in [0.29, 0.717) is 11.3 Å². The number of amides is 1. The molecule has 7 heteroatoms. The summed E-state index contributed by atoms with van der Waals surface area (Å²) in [5.41, 5.74) is 1.85. The Morgan fingerprint density at radius 1 is 0.895 bits per heavy atom. The number of fused-ring (bicyclic) bond motifs is 1. The van der Waals surface area contributed by atoms with Gasteiger partial charge in [-0.3, -0.25) is 9.59 Å². The summed E-state index contributed by atoms with van der Waals surface area (Å²) in [5, 5.41) is 9.75. The molecule has 7 nitrogen and oxygen atoms in total. The molecular weight excluding hydrogens is 482 g/mol. The zero-order valence-electron chi connectivity index (χ0n) is 21.3. The average Bonchev–Trinajstić information content (AvgIpc) is 3.44. The molecule has 0 spiro atoms. The predicted molar refractivity (Wildman–Crippen MR) is 146 cm³/mol. The summed E-state index contributed by atoms with van der Waals surface area (Å²) < 4.78 is 15.6. The quantitative estimate of drug-likeness (QED) is 0.261. The van der Waals surface area contributed by atoms with Gasteiger partial charge in [-0.05, 0) is 49.1 Å². The number of benzene rings is 3. The highest BCUT2D eigenvalue weighted by Crippen LogP contribution is 2.32. The SMILES string of the molecule is COc1ccc(C(=O)c2ccccc2)c(O)c1.O=C(C=CC=Cc1ccc2c(c1)OCO2)N1CCCCC1. The molecule has 5 rings (SSSR count). The van der Waals surface area contributed by atoms with Crippen LogP contribution < -0.4 is 14.2 Å². The smallest absolute Gasteiger partial charge is 0.246 e. The van der Waals surface area contributed by atoms with Gasteiger partial charge < -0.3 is 24.2 Å². The molecule has 38 heavy (non-hydrogen) atoms. The lowest BCUT2D eigenvalue weighted by Crippen LogP contribution is -2.34. The van der Waals surface area contributed by atoms with Crippen LogP contribution in [0.25, 0.3) is 6.08 Å². The van der Waals surface area contributed by atoms with Crippen molar-refractivity contribution in [3.05, 3.63) is 102 Å². The number of piperidine rings is 1. The Labute approximate surface area is 222 Å². The van der Waals surface area contributed by atoms with Crippen molar-refractivity contribution < 1.29 is 28.9 Å². The minimum absolute atomic E-state index is 0.0711. The van der Waals surface area contributed by atoms with Crippen LogP contribution in [-0.2, 0) is 4.79 Å². The zero-order chi connectivity index (χ0) is 26.7. The van der Waals surface area contributed by atoms with E-state index in [1.807, 2.05) is 41.3 Å². The van der Waals surface area contributed by atoms with E-state index in [9.17, 15) is 14.7 Å². The van der Waals surface area contributed by atoms with Crippen LogP contribution in [0.3, 0.4) is 0 Å². The highest BCUT2D eigenvalue weighted by atomic mass is 16.7. The molecule has 0 aromatic heterocycles. The van der Waals surface area contributed by atoms with E-state index in [0.717, 1.165) is 43.0 Å². The van der Waals surface area contributed by atoms with E-state index in [-0.39, 0.29) is 29.8 Å². The lowest BCUT2D eigenvalue weighted by atomic mass is 10.0. The number of phenols is 1. The van der Waals surface area contributed by atoms with Crippen LogP contribution in [0.1, 0.15) is 40.7 Å². The molecule has 196 valence electrons. The molecule has 0 atom stereocenters. The van der Waals surface area contributed by atoms with Gasteiger partial charge in [0.15, 0.2) is 17.3 Å². The van der Waals surface area contributed by atoms with Gasteiger partial charge in [0.05, 0.1) is 12.7 Å². The molecule has 0 saturated carbocycles. The Bertz CT molecular complexity index is 1310. The third kappa shape index (κ3) is 7.03. The molecule has 3 aromatic rings. The van der Waals surface area contributed by atoms with Gasteiger partial charge in [-0.1, -0.05) is 54.6 Å². The van der Waals surface area contributed by atoms with E-state index in [4.69, 9.17) is 14.2 Å². The van der Waals surface area contributed by atoms with Gasteiger partial charge in [-0.15, -0.1) is 0 Å². The summed E-state index contributed by atoms with van der Waals surface area (Å²) in [6, 6.07) is 19.3. The molecule has 1 N–H and O–H groups in total. The monoisotopic (exact) mass is 513 g/mol. The third-order valence-corrected chi connectivity index (χ3v) is 6.19. The molecule has 2 aliphatic rings. The van der Waals surface area contributed by atoms with Crippen molar-refractivity contribution in [3.8, 4) is 23.0 Å². The van der Waals surface area contributed by atoms with Crippen molar-refractivity contribution in [3.63, 3.8) is 0 Å². The fourth-order valence-electron chi connectivity index (χ4n) is 4.12. The molecular formula is C31H31NO6. The van der Waals surface area contributed by atoms with Crippen molar-refractivity contribution in [1.29, 1.82) is 0 Å². The van der Waals surface area contributed by atoms with Crippen LogP contribution in [0.5, 0.6) is 23.0 Å². The first-order valence-corrected chi connectivity index (χ1v) is 12.5. The van der Waals surface area contributed by atoms with E-state index < -0.39 is 0 Å². The number of methoxy groups -OCH3 is 1. The topological polar surface area (TPSA) is 85.3 Å². The maximum atomic E-state index is 12.1. The van der Waals surface area contributed by atoms with Crippen LogP contribution in [0.4, 0.5) is 0 Å². The third-order valence-electron chi connectivity index (χ3n) is 6.19. The molecule has 0 bridgehead atoms. The fraction of sp³-hybridized carbons (Fsp3) is 0.226. The maximum absolute atomic E-state index is 12.1. The Morgan fingerprint density at radius 3 is 2.39 bits per heavy atom. The van der Waals surface area contributed by atoms with Crippen molar-refractivity contribution in [1.82, 2.24) is 4.90 Å². The van der Waals surface area contributed by atoms with E-state index >= 15 is 0 Å². The Morgan fingerprint density at radius 2 is 1.66 bits per heavy atom. The minimum Gasteiger partial charge on any atom is -0.507 e. The number of allylic oxidation sites excluding steroid dienone is 2. The van der Waals surface area contributed by atoms with Crippen LogP contribution in [0.2, 0.25) is 0 Å². The summed E-state index contributed by atoms with van der Waals surface area (Å²) in [5.74, 6) is 1.90. The molecule has 1 saturated heterocycles. The van der Waals surface area contributed by atoms with Gasteiger partial charge in [0.25, 0.3) is 0 Å². The molecule has 0 aliphatic carbocycles. The summed E-state index contributed by atoms with van der Waals surface area (Å²) >= 11 is 0. The second-order valence-corrected chi connectivity index (χ2v) is 8.80. The lowest BCUT2D eigenvalue weighted by Gasteiger charge is -2.25. The normalized spacial score (nSPS) is 14.3. The van der Waals surface area contributed by atoms with E-state index in [1.165, 1.54) is 19.6 Å². The summed E-state index contributed by atoms with van der Waals surface area (Å²) in [6.07, 6.45) is 10.7. The van der Waals surface area contributed by atoms with Crippen molar-refractivity contribution in [2.45, 2.75) is 19.3 Å². The number of aromatic hydroxyl groups is 1. The Kier molecular flexibility index (Phi) is 9.18. The average molecular weight is 514 g/mol. The van der Waals surface area contributed by atoms with E-state index in [1.54, 1.807) is 48.6 Å². The van der Waals surface area contributed by atoms with Crippen molar-refractivity contribution in [2.75, 3.05) is 27.0 Å². The number of carbonyl (C=O) groups excluding carboxylic acids is 2. The molecule has 0 radical (unpaired) electrons. The second-order valence-electron chi connectivity index (χ2n) is 8.80. The Balaban J connectivity index is 0.000000181. The highest BCUT2D eigenvalue weighted by Gasteiger charge is 2.15. The summed E-state index contributed by atoms with van der Waals surface area (Å²) in [7, 11) is 1.51. The molecule has 1 fully saturated rings. The zero-order valence-corrected chi connectivity index (χ0v) is 21.3. The number of likely N-dealkylation sites (tertiary alicyclic amines) is 1. The van der Waals surface area contributed by atoms with Gasteiger partial charge in [0, 0.05) is 30.8 Å². The van der Waals surface area contributed by atoms with E-state index in [2.05, 4.69) is 0 Å². The standard InChI is InChI=1S/C17H19NO3.C14H12O3/c19-17(18-10-4-1-5-11-18)7-3-2-6-14-8-9-15-16(12-14)21-13-20-15;1-17-11-7-8-12(13(15)9-11)14(16)10-5-3-2-4-6-10/h2-3,6-9,12H,1,4-5,10-11,13H2;2-9,15H,1H3. The van der Waals surface area contributed by atoms with Crippen LogP contribution in [0, 0.1) is 0 Å². The van der Waals surface area contributed by atoms with Gasteiger partial charge in [-0.2, -0.15) is 0 Å². The Hall–Kier alpha value is -4.52. The lowest BCUT2D eigenvalue weighted by molar-refractivity contribution is -0.126. The van der Waals surface area contributed by atoms with Crippen LogP contribution in [0.15, 0.2) is 85.0 Å². The number of ether oxygens (including phenoxy) is 3. The summed E-state index contributed by atoms with van der Waals surface area (Å²) in [4.78, 5) is 25.9. The molecule has 2 heterocycles. The minimum atomic E-state index is -0.203. The highest BCUT2D eigenvalue weighted by molar-refractivity contribution is 6.10. The number of ketones is 1. The predicted octanol–water partition coefficient (Wildman–Crippen LogP) is 5.63. The first kappa shape index (κ1) is 26.5. The molecule has 3 aromatic carbocycles. The number of rotatable bonds is 6. The number of phenolic OH excluding ortho intramolecular Hbond substituents is 1. The molecule has 0 unspecified atom stereocenters. The summed E-state index contributed by atoms with van der Waals surface area (Å²) in [6.45, 7) is 2.05. The van der Waals surface area contributed by atoms with Gasteiger partial charge in [-0.25, -0.2) is 0 Å². The van der Waals surface area contributed by atoms with Crippen molar-refractivity contribution >= 4 is 17.8 Å². The van der Waals surface area contributed by atoms with Gasteiger partial charge in [0.2, 0.25) is 12.7 Å². The number of hydrogen-bond acceptors (Lipinski definition) is 6. The number of nitrogens with zero attached hydrogens (tertiary/aromatic N) is 1. The first-order valence-electron chi connectivity index (χ1n) is 12.5.